The van der Waals surface area contributed by atoms with Crippen molar-refractivity contribution in [1.29, 1.82) is 0 Å². The zero-order chi connectivity index (χ0) is 18.9. The lowest BCUT2D eigenvalue weighted by Crippen LogP contribution is -2.46. The highest BCUT2D eigenvalue weighted by molar-refractivity contribution is 5.79. The summed E-state index contributed by atoms with van der Waals surface area (Å²) in [6.07, 6.45) is 4.25. The van der Waals surface area contributed by atoms with Crippen LogP contribution in [0.2, 0.25) is 0 Å². The summed E-state index contributed by atoms with van der Waals surface area (Å²) in [5.74, 6) is 0.589. The Morgan fingerprint density at radius 3 is 2.65 bits per heavy atom. The van der Waals surface area contributed by atoms with E-state index in [9.17, 15) is 9.90 Å². The second-order valence-corrected chi connectivity index (χ2v) is 7.14. The summed E-state index contributed by atoms with van der Waals surface area (Å²) in [6, 6.07) is 1.76. The molecule has 2 aromatic rings. The van der Waals surface area contributed by atoms with Crippen LogP contribution in [0.15, 0.2) is 18.5 Å². The number of amides is 1. The van der Waals surface area contributed by atoms with Crippen LogP contribution in [-0.2, 0) is 18.3 Å². The molecule has 8 heteroatoms. The number of hydrogen-bond acceptors (Lipinski definition) is 6. The van der Waals surface area contributed by atoms with Crippen LogP contribution in [0, 0.1) is 13.8 Å². The number of nitrogens with zero attached hydrogens (tertiary/aromatic N) is 6. The maximum Gasteiger partial charge on any atom is 0.226 e. The minimum absolute atomic E-state index is 0.0213. The number of aryl methyl sites for hydroxylation is 2. The van der Waals surface area contributed by atoms with E-state index >= 15 is 0 Å². The molecule has 1 atom stereocenters. The van der Waals surface area contributed by atoms with Crippen LogP contribution in [0.3, 0.4) is 0 Å². The van der Waals surface area contributed by atoms with Crippen molar-refractivity contribution in [3.63, 3.8) is 0 Å². The Balaban J connectivity index is 1.62. The van der Waals surface area contributed by atoms with Gasteiger partial charge < -0.3 is 14.9 Å². The first-order chi connectivity index (χ1) is 12.3. The van der Waals surface area contributed by atoms with E-state index in [1.165, 1.54) is 0 Å². The SMILES string of the molecule is Cc1nn(C)c(C)c1CC(=O)N(C)C[C@]1(O)CCN(c2ncccn2)C1. The third-order valence-corrected chi connectivity index (χ3v) is 5.11. The van der Waals surface area contributed by atoms with Crippen molar-refractivity contribution in [2.24, 2.45) is 7.05 Å². The molecule has 1 fully saturated rings. The maximum atomic E-state index is 12.6. The Kier molecular flexibility index (Phi) is 4.95. The smallest absolute Gasteiger partial charge is 0.226 e. The molecule has 3 rings (SSSR count). The van der Waals surface area contributed by atoms with Crippen molar-refractivity contribution in [3.05, 3.63) is 35.4 Å². The number of anilines is 1. The minimum Gasteiger partial charge on any atom is -0.386 e. The molecule has 0 radical (unpaired) electrons. The predicted molar refractivity (Wildman–Crippen MR) is 97.8 cm³/mol. The van der Waals surface area contributed by atoms with E-state index in [0.717, 1.165) is 17.0 Å². The van der Waals surface area contributed by atoms with E-state index in [1.807, 2.05) is 25.8 Å². The van der Waals surface area contributed by atoms with Gasteiger partial charge in [0.25, 0.3) is 0 Å². The predicted octanol–water partition coefficient (Wildman–Crippen LogP) is 0.469. The standard InChI is InChI=1S/C18H26N6O2/c1-13-15(14(2)23(4)21-13)10-16(25)22(3)11-18(26)6-9-24(12-18)17-19-7-5-8-20-17/h5,7-8,26H,6,9-12H2,1-4H3/t18-/m1/s1. The van der Waals surface area contributed by atoms with E-state index in [1.54, 1.807) is 35.1 Å². The molecule has 1 aliphatic rings. The van der Waals surface area contributed by atoms with Crippen molar-refractivity contribution in [3.8, 4) is 0 Å². The summed E-state index contributed by atoms with van der Waals surface area (Å²) in [7, 11) is 3.62. The Hall–Kier alpha value is -2.48. The largest absolute Gasteiger partial charge is 0.386 e. The molecule has 0 bridgehead atoms. The highest BCUT2D eigenvalue weighted by atomic mass is 16.3. The van der Waals surface area contributed by atoms with Crippen LogP contribution >= 0.6 is 0 Å². The van der Waals surface area contributed by atoms with Crippen LogP contribution in [0.5, 0.6) is 0 Å². The second-order valence-electron chi connectivity index (χ2n) is 7.14. The van der Waals surface area contributed by atoms with Gasteiger partial charge in [-0.05, 0) is 26.3 Å². The lowest BCUT2D eigenvalue weighted by atomic mass is 10.0. The van der Waals surface area contributed by atoms with Gasteiger partial charge in [0.1, 0.15) is 5.60 Å². The molecule has 140 valence electrons. The van der Waals surface area contributed by atoms with Crippen LogP contribution in [0.25, 0.3) is 0 Å². The van der Waals surface area contributed by atoms with Crippen LogP contribution in [-0.4, -0.2) is 67.9 Å². The molecule has 0 saturated carbocycles. The monoisotopic (exact) mass is 358 g/mol. The highest BCUT2D eigenvalue weighted by Gasteiger charge is 2.39. The normalized spacial score (nSPS) is 19.8. The minimum atomic E-state index is -0.956. The topological polar surface area (TPSA) is 87.4 Å². The van der Waals surface area contributed by atoms with Gasteiger partial charge in [-0.2, -0.15) is 5.10 Å². The summed E-state index contributed by atoms with van der Waals surface area (Å²) in [5, 5.41) is 15.3. The number of likely N-dealkylation sites (N-methyl/N-ethyl adjacent to an activating group) is 1. The third kappa shape index (κ3) is 3.70. The van der Waals surface area contributed by atoms with Crippen molar-refractivity contribution in [2.45, 2.75) is 32.3 Å². The third-order valence-electron chi connectivity index (χ3n) is 5.11. The molecule has 0 unspecified atom stereocenters. The van der Waals surface area contributed by atoms with E-state index in [-0.39, 0.29) is 12.5 Å². The summed E-state index contributed by atoms with van der Waals surface area (Å²) in [6.45, 7) is 5.25. The van der Waals surface area contributed by atoms with Gasteiger partial charge in [0.2, 0.25) is 11.9 Å². The molecule has 1 saturated heterocycles. The average Bonchev–Trinajstić information content (AvgIpc) is 3.11. The summed E-state index contributed by atoms with van der Waals surface area (Å²) in [4.78, 5) is 24.7. The molecule has 1 aliphatic heterocycles. The van der Waals surface area contributed by atoms with E-state index in [0.29, 0.717) is 31.9 Å². The van der Waals surface area contributed by atoms with E-state index in [2.05, 4.69) is 15.1 Å². The van der Waals surface area contributed by atoms with Gasteiger partial charge in [-0.15, -0.1) is 0 Å². The number of β-amino-alcohol motifs (C(OH)–C–C–N with tert-alkyl or cyclic N) is 1. The maximum absolute atomic E-state index is 12.6. The van der Waals surface area contributed by atoms with Gasteiger partial charge in [-0.25, -0.2) is 9.97 Å². The molecular formula is C18H26N6O2. The summed E-state index contributed by atoms with van der Waals surface area (Å²) >= 11 is 0. The molecule has 0 aromatic carbocycles. The highest BCUT2D eigenvalue weighted by Crippen LogP contribution is 2.25. The number of carbonyl (C=O) groups is 1. The number of rotatable bonds is 5. The van der Waals surface area contributed by atoms with Gasteiger partial charge in [0.15, 0.2) is 0 Å². The zero-order valence-electron chi connectivity index (χ0n) is 15.8. The number of carbonyl (C=O) groups excluding carboxylic acids is 1. The van der Waals surface area contributed by atoms with Gasteiger partial charge in [0, 0.05) is 44.3 Å². The fourth-order valence-electron chi connectivity index (χ4n) is 3.50. The van der Waals surface area contributed by atoms with Crippen molar-refractivity contribution >= 4 is 11.9 Å². The number of aromatic nitrogens is 4. The van der Waals surface area contributed by atoms with Gasteiger partial charge in [0.05, 0.1) is 25.2 Å². The fraction of sp³-hybridized carbons (Fsp3) is 0.556. The average molecular weight is 358 g/mol. The Labute approximate surface area is 153 Å². The van der Waals surface area contributed by atoms with Gasteiger partial charge in [-0.3, -0.25) is 9.48 Å². The molecule has 0 aliphatic carbocycles. The number of hydrogen-bond donors (Lipinski definition) is 1. The van der Waals surface area contributed by atoms with Crippen molar-refractivity contribution in [1.82, 2.24) is 24.6 Å². The van der Waals surface area contributed by atoms with Crippen LogP contribution in [0.1, 0.15) is 23.4 Å². The summed E-state index contributed by atoms with van der Waals surface area (Å²) in [5.41, 5.74) is 1.87. The van der Waals surface area contributed by atoms with Gasteiger partial charge in [-0.1, -0.05) is 0 Å². The number of aliphatic hydroxyl groups is 1. The lowest BCUT2D eigenvalue weighted by Gasteiger charge is -2.29. The molecule has 8 nitrogen and oxygen atoms in total. The van der Waals surface area contributed by atoms with Crippen molar-refractivity contribution < 1.29 is 9.90 Å². The second kappa shape index (κ2) is 7.03. The Bertz CT molecular complexity index is 790. The molecule has 26 heavy (non-hydrogen) atoms. The van der Waals surface area contributed by atoms with Crippen LogP contribution in [0.4, 0.5) is 5.95 Å². The molecule has 1 N–H and O–H groups in total. The lowest BCUT2D eigenvalue weighted by molar-refractivity contribution is -0.132. The van der Waals surface area contributed by atoms with Gasteiger partial charge >= 0.3 is 0 Å². The molecule has 3 heterocycles. The Morgan fingerprint density at radius 1 is 1.35 bits per heavy atom. The first-order valence-electron chi connectivity index (χ1n) is 8.76. The van der Waals surface area contributed by atoms with Crippen molar-refractivity contribution in [2.75, 3.05) is 31.6 Å². The molecular weight excluding hydrogens is 332 g/mol. The van der Waals surface area contributed by atoms with Crippen LogP contribution < -0.4 is 4.90 Å². The summed E-state index contributed by atoms with van der Waals surface area (Å²) < 4.78 is 1.79. The van der Waals surface area contributed by atoms with E-state index in [4.69, 9.17) is 0 Å². The molecule has 0 spiro atoms. The van der Waals surface area contributed by atoms with E-state index < -0.39 is 5.60 Å². The first kappa shape index (κ1) is 18.3. The first-order valence-corrected chi connectivity index (χ1v) is 8.76. The fourth-order valence-corrected chi connectivity index (χ4v) is 3.50. The quantitative estimate of drug-likeness (QED) is 0.836. The molecule has 2 aromatic heterocycles. The Morgan fingerprint density at radius 2 is 2.04 bits per heavy atom. The zero-order valence-corrected chi connectivity index (χ0v) is 15.8. The molecule has 1 amide bonds.